The molecule has 0 heterocycles. The number of fused-ring (bicyclic) bond motifs is 3. The molecule has 48 heavy (non-hydrogen) atoms. The smallest absolute Gasteiger partial charge is 0.255 e. The summed E-state index contributed by atoms with van der Waals surface area (Å²) in [6, 6.07) is 9.19. The Bertz CT molecular complexity index is 1750. The summed E-state index contributed by atoms with van der Waals surface area (Å²) in [5.74, 6) is -6.89. The van der Waals surface area contributed by atoms with Gasteiger partial charge in [0.15, 0.2) is 11.4 Å². The molecule has 12 heteroatoms. The molecule has 0 saturated carbocycles. The zero-order valence-corrected chi connectivity index (χ0v) is 28.1. The Morgan fingerprint density at radius 1 is 1.06 bits per heavy atom. The number of nitrogens with two attached hydrogens (primary N) is 1. The number of aliphatic hydroxyl groups excluding tert-OH is 2. The average molecular weight is 661 g/mol. The van der Waals surface area contributed by atoms with Crippen molar-refractivity contribution in [3.05, 3.63) is 75.8 Å². The third kappa shape index (κ3) is 5.57. The zero-order valence-electron chi connectivity index (χ0n) is 28.1. The number of rotatable bonds is 9. The first-order valence-electron chi connectivity index (χ1n) is 16.1. The molecule has 0 saturated heterocycles. The van der Waals surface area contributed by atoms with Gasteiger partial charge in [-0.2, -0.15) is 0 Å². The minimum Gasteiger partial charge on any atom is -0.510 e. The monoisotopic (exact) mass is 660 g/mol. The van der Waals surface area contributed by atoms with Crippen molar-refractivity contribution >= 4 is 23.4 Å². The number of carbonyl (C=O) groups is 4. The highest BCUT2D eigenvalue weighted by Crippen LogP contribution is 2.53. The van der Waals surface area contributed by atoms with E-state index < -0.39 is 58.0 Å². The quantitative estimate of drug-likeness (QED) is 0.218. The highest BCUT2D eigenvalue weighted by atomic mass is 16.3. The fourth-order valence-corrected chi connectivity index (χ4v) is 7.97. The third-order valence-corrected chi connectivity index (χ3v) is 10.2. The van der Waals surface area contributed by atoms with Crippen LogP contribution in [-0.2, 0) is 16.0 Å². The lowest BCUT2D eigenvalue weighted by Gasteiger charge is -2.50. The maximum Gasteiger partial charge on any atom is 0.255 e. The number of amides is 2. The largest absolute Gasteiger partial charge is 0.510 e. The summed E-state index contributed by atoms with van der Waals surface area (Å²) in [6.07, 6.45) is 0.894. The highest BCUT2D eigenvalue weighted by molar-refractivity contribution is 6.25. The van der Waals surface area contributed by atoms with Crippen LogP contribution in [0.5, 0.6) is 5.75 Å². The van der Waals surface area contributed by atoms with Crippen molar-refractivity contribution in [2.45, 2.75) is 50.8 Å². The number of aliphatic hydroxyl groups is 3. The number of phenols is 1. The van der Waals surface area contributed by atoms with Gasteiger partial charge >= 0.3 is 0 Å². The number of ketones is 2. The molecule has 5 atom stereocenters. The molecule has 256 valence electrons. The van der Waals surface area contributed by atoms with Crippen LogP contribution in [0.2, 0.25) is 0 Å². The van der Waals surface area contributed by atoms with E-state index in [1.165, 1.54) is 11.0 Å². The van der Waals surface area contributed by atoms with Gasteiger partial charge in [-0.1, -0.05) is 32.0 Å². The summed E-state index contributed by atoms with van der Waals surface area (Å²) in [4.78, 5) is 56.7. The van der Waals surface area contributed by atoms with E-state index >= 15 is 0 Å². The minimum absolute atomic E-state index is 0.0202. The average Bonchev–Trinajstić information content (AvgIpc) is 3.00. The van der Waals surface area contributed by atoms with Crippen molar-refractivity contribution in [3.8, 4) is 16.9 Å². The molecule has 3 aliphatic carbocycles. The molecule has 2 aromatic carbocycles. The summed E-state index contributed by atoms with van der Waals surface area (Å²) in [7, 11) is 7.19. The number of carbonyl (C=O) groups excluding carboxylic acids is 4. The van der Waals surface area contributed by atoms with Crippen LogP contribution in [0.15, 0.2) is 59.1 Å². The van der Waals surface area contributed by atoms with E-state index in [9.17, 15) is 39.6 Å². The summed E-state index contributed by atoms with van der Waals surface area (Å²) in [5, 5.41) is 48.3. The number of aromatic hydroxyl groups is 1. The summed E-state index contributed by atoms with van der Waals surface area (Å²) in [5.41, 5.74) is 3.66. The Hall–Kier alpha value is -4.52. The number of hydrogen-bond donors (Lipinski definition) is 6. The van der Waals surface area contributed by atoms with Gasteiger partial charge in [0.25, 0.3) is 11.8 Å². The van der Waals surface area contributed by atoms with Crippen molar-refractivity contribution in [3.63, 3.8) is 0 Å². The van der Waals surface area contributed by atoms with Crippen molar-refractivity contribution in [2.75, 3.05) is 34.7 Å². The normalized spacial score (nSPS) is 24.5. The molecule has 1 unspecified atom stereocenters. The van der Waals surface area contributed by atoms with Crippen LogP contribution >= 0.6 is 0 Å². The number of nitrogens with one attached hydrogen (secondary N) is 1. The van der Waals surface area contributed by atoms with Crippen LogP contribution in [0.3, 0.4) is 0 Å². The number of primary amides is 1. The van der Waals surface area contributed by atoms with Crippen LogP contribution in [0, 0.1) is 17.8 Å². The summed E-state index contributed by atoms with van der Waals surface area (Å²) < 4.78 is 0. The van der Waals surface area contributed by atoms with Gasteiger partial charge in [-0.25, -0.2) is 0 Å². The molecule has 3 aliphatic rings. The van der Waals surface area contributed by atoms with E-state index in [1.54, 1.807) is 44.4 Å². The number of Topliss-reactive ketones (excluding diaryl/α,β-unsaturated/α-hetero) is 2. The Morgan fingerprint density at radius 2 is 1.75 bits per heavy atom. The lowest BCUT2D eigenvalue weighted by molar-refractivity contribution is -0.148. The molecule has 5 rings (SSSR count). The Labute approximate surface area is 279 Å². The lowest BCUT2D eigenvalue weighted by atomic mass is 9.58. The SMILES string of the molecule is CC(C)C(CCNC(=O)c1cccc(-c2ccc(O)c3c2C[C@H]2C[C@H]4[C@H](N(C)C)C(O)=C(C(N)=O)C(=O)[C@@]4(O)C(O)=C2C3=O)c1)N(C)C. The number of allylic oxidation sites excluding steroid dienone is 1. The van der Waals surface area contributed by atoms with Gasteiger partial charge in [0, 0.05) is 29.6 Å². The standard InChI is InChI=1S/C36H44N4O8/c1-17(2)24(39(3)4)12-13-38-35(47)19-9-7-8-18(14-19)21-10-11-25(41)27-22(21)15-20-16-23-29(40(5)6)31(43)28(34(37)46)33(45)36(23,48)32(44)26(20)30(27)42/h7-11,14,17,20,23-24,29,41,43-44,48H,12-13,15-16H2,1-6H3,(H2,37,46)(H,38,47)/t20-,23-,24?,29-,36-/m0/s1. The maximum absolute atomic E-state index is 14.1. The summed E-state index contributed by atoms with van der Waals surface area (Å²) in [6.45, 7) is 4.77. The first kappa shape index (κ1) is 34.8. The van der Waals surface area contributed by atoms with Crippen molar-refractivity contribution in [1.82, 2.24) is 15.1 Å². The molecule has 0 spiro atoms. The molecule has 0 aromatic heterocycles. The first-order chi connectivity index (χ1) is 22.5. The van der Waals surface area contributed by atoms with E-state index in [1.807, 2.05) is 14.1 Å². The Balaban J connectivity index is 1.53. The van der Waals surface area contributed by atoms with E-state index in [2.05, 4.69) is 24.1 Å². The van der Waals surface area contributed by atoms with E-state index in [0.717, 1.165) is 6.42 Å². The summed E-state index contributed by atoms with van der Waals surface area (Å²) >= 11 is 0. The van der Waals surface area contributed by atoms with Crippen LogP contribution in [-0.4, -0.2) is 106 Å². The molecule has 2 aromatic rings. The Kier molecular flexibility index (Phi) is 9.30. The fourth-order valence-electron chi connectivity index (χ4n) is 7.97. The van der Waals surface area contributed by atoms with Gasteiger partial charge in [0.1, 0.15) is 22.8 Å². The molecule has 0 aliphatic heterocycles. The second-order valence-corrected chi connectivity index (χ2v) is 13.8. The van der Waals surface area contributed by atoms with Gasteiger partial charge in [-0.15, -0.1) is 0 Å². The number of phenolic OH excluding ortho intramolecular Hbond substituents is 1. The molecule has 0 fully saturated rings. The fraction of sp³-hybridized carbons (Fsp3) is 0.444. The maximum atomic E-state index is 14.1. The van der Waals surface area contributed by atoms with Crippen LogP contribution in [0.25, 0.3) is 11.1 Å². The van der Waals surface area contributed by atoms with Crippen molar-refractivity contribution < 1.29 is 39.6 Å². The molecular formula is C36H44N4O8. The van der Waals surface area contributed by atoms with Crippen molar-refractivity contribution in [2.24, 2.45) is 23.5 Å². The number of hydrogen-bond acceptors (Lipinski definition) is 10. The van der Waals surface area contributed by atoms with Gasteiger partial charge in [0.2, 0.25) is 5.78 Å². The number of likely N-dealkylation sites (N-methyl/N-ethyl adjacent to an activating group) is 1. The van der Waals surface area contributed by atoms with Gasteiger partial charge < -0.3 is 36.4 Å². The van der Waals surface area contributed by atoms with Gasteiger partial charge in [0.05, 0.1) is 11.6 Å². The van der Waals surface area contributed by atoms with Crippen LogP contribution in [0.4, 0.5) is 0 Å². The number of nitrogens with zero attached hydrogens (tertiary/aromatic N) is 2. The molecule has 7 N–H and O–H groups in total. The minimum atomic E-state index is -2.71. The Morgan fingerprint density at radius 3 is 2.35 bits per heavy atom. The molecular weight excluding hydrogens is 616 g/mol. The second-order valence-electron chi connectivity index (χ2n) is 13.8. The van der Waals surface area contributed by atoms with Gasteiger partial charge in [-0.3, -0.25) is 24.1 Å². The lowest BCUT2D eigenvalue weighted by Crippen LogP contribution is -2.63. The molecule has 12 nitrogen and oxygen atoms in total. The van der Waals surface area contributed by atoms with E-state index in [4.69, 9.17) is 5.73 Å². The second kappa shape index (κ2) is 12.8. The molecule has 2 amide bonds. The predicted octanol–water partition coefficient (Wildman–Crippen LogP) is 2.49. The first-order valence-corrected chi connectivity index (χ1v) is 16.1. The third-order valence-electron chi connectivity index (χ3n) is 10.2. The van der Waals surface area contributed by atoms with Gasteiger partial charge in [-0.05, 0) is 94.2 Å². The van der Waals surface area contributed by atoms with E-state index in [0.29, 0.717) is 40.8 Å². The zero-order chi connectivity index (χ0) is 35.4. The highest BCUT2D eigenvalue weighted by Gasteiger charge is 2.63. The number of benzene rings is 2. The van der Waals surface area contributed by atoms with Crippen molar-refractivity contribution in [1.29, 1.82) is 0 Å². The molecule has 0 radical (unpaired) electrons. The molecule has 0 bridgehead atoms. The van der Waals surface area contributed by atoms with Crippen LogP contribution in [0.1, 0.15) is 53.0 Å². The topological polar surface area (TPSA) is 194 Å². The van der Waals surface area contributed by atoms with E-state index in [-0.39, 0.29) is 35.6 Å². The van der Waals surface area contributed by atoms with Crippen LogP contribution < -0.4 is 11.1 Å². The predicted molar refractivity (Wildman–Crippen MR) is 178 cm³/mol.